The quantitative estimate of drug-likeness (QED) is 0.664. The van der Waals surface area contributed by atoms with Crippen LogP contribution in [0.25, 0.3) is 0 Å². The molecule has 2 nitrogen and oxygen atoms in total. The Labute approximate surface area is 74.6 Å². The van der Waals surface area contributed by atoms with Crippen LogP contribution in [0, 0.1) is 0 Å². The van der Waals surface area contributed by atoms with Crippen molar-refractivity contribution in [3.05, 3.63) is 23.8 Å². The van der Waals surface area contributed by atoms with Crippen molar-refractivity contribution in [2.24, 2.45) is 0 Å². The van der Waals surface area contributed by atoms with Gasteiger partial charge in [0.05, 0.1) is 5.56 Å². The maximum Gasteiger partial charge on any atom is 0.168 e. The fourth-order valence-corrected chi connectivity index (χ4v) is 2.34. The van der Waals surface area contributed by atoms with Crippen LogP contribution in [0.1, 0.15) is 16.8 Å². The van der Waals surface area contributed by atoms with E-state index in [0.29, 0.717) is 12.0 Å². The Kier molecular flexibility index (Phi) is 1.81. The van der Waals surface area contributed by atoms with E-state index in [-0.39, 0.29) is 11.5 Å². The first-order chi connectivity index (χ1) is 5.79. The second kappa shape index (κ2) is 2.83. The van der Waals surface area contributed by atoms with Crippen molar-refractivity contribution in [1.82, 2.24) is 0 Å². The molecule has 0 radical (unpaired) electrons. The van der Waals surface area contributed by atoms with Gasteiger partial charge in [-0.3, -0.25) is 4.79 Å². The van der Waals surface area contributed by atoms with E-state index in [1.54, 1.807) is 23.9 Å². The molecule has 62 valence electrons. The summed E-state index contributed by atoms with van der Waals surface area (Å²) in [6.07, 6.45) is 0.537. The van der Waals surface area contributed by atoms with Crippen molar-refractivity contribution < 1.29 is 9.90 Å². The van der Waals surface area contributed by atoms with Gasteiger partial charge in [-0.05, 0) is 12.1 Å². The number of phenolic OH excluding ortho intramolecular Hbond substituents is 1. The van der Waals surface area contributed by atoms with Crippen molar-refractivity contribution in [3.63, 3.8) is 0 Å². The first kappa shape index (κ1) is 7.68. The van der Waals surface area contributed by atoms with Crippen molar-refractivity contribution in [2.45, 2.75) is 11.3 Å². The van der Waals surface area contributed by atoms with Gasteiger partial charge in [0.1, 0.15) is 5.75 Å². The van der Waals surface area contributed by atoms with Crippen LogP contribution in [0.3, 0.4) is 0 Å². The number of aromatic hydroxyl groups is 1. The van der Waals surface area contributed by atoms with E-state index in [0.717, 1.165) is 10.6 Å². The first-order valence-corrected chi connectivity index (χ1v) is 4.75. The molecule has 12 heavy (non-hydrogen) atoms. The van der Waals surface area contributed by atoms with Crippen LogP contribution in [-0.2, 0) is 0 Å². The zero-order chi connectivity index (χ0) is 8.55. The van der Waals surface area contributed by atoms with Crippen LogP contribution in [-0.4, -0.2) is 16.6 Å². The van der Waals surface area contributed by atoms with Crippen molar-refractivity contribution in [2.75, 3.05) is 5.75 Å². The Morgan fingerprint density at radius 1 is 1.42 bits per heavy atom. The molecule has 1 heterocycles. The summed E-state index contributed by atoms with van der Waals surface area (Å²) >= 11 is 1.63. The van der Waals surface area contributed by atoms with Crippen molar-refractivity contribution >= 4 is 17.5 Å². The third kappa shape index (κ3) is 1.10. The number of carbonyl (C=O) groups is 1. The molecule has 0 aromatic heterocycles. The normalized spacial score (nSPS) is 15.8. The van der Waals surface area contributed by atoms with E-state index < -0.39 is 0 Å². The Hall–Kier alpha value is -0.960. The minimum Gasteiger partial charge on any atom is -0.507 e. The minimum absolute atomic E-state index is 0.0573. The number of fused-ring (bicyclic) bond motifs is 1. The molecule has 0 saturated carbocycles. The Morgan fingerprint density at radius 2 is 2.25 bits per heavy atom. The molecule has 1 aliphatic heterocycles. The predicted molar refractivity (Wildman–Crippen MR) is 47.8 cm³/mol. The second-order valence-electron chi connectivity index (χ2n) is 2.67. The van der Waals surface area contributed by atoms with E-state index in [1.165, 1.54) is 0 Å². The van der Waals surface area contributed by atoms with E-state index in [1.807, 2.05) is 6.07 Å². The smallest absolute Gasteiger partial charge is 0.168 e. The van der Waals surface area contributed by atoms with Crippen LogP contribution in [0.5, 0.6) is 5.75 Å². The monoisotopic (exact) mass is 180 g/mol. The van der Waals surface area contributed by atoms with E-state index in [9.17, 15) is 9.90 Å². The first-order valence-electron chi connectivity index (χ1n) is 3.77. The van der Waals surface area contributed by atoms with Gasteiger partial charge >= 0.3 is 0 Å². The maximum atomic E-state index is 11.3. The lowest BCUT2D eigenvalue weighted by Gasteiger charge is -2.14. The molecule has 0 fully saturated rings. The molecule has 0 unspecified atom stereocenters. The Morgan fingerprint density at radius 3 is 3.00 bits per heavy atom. The highest BCUT2D eigenvalue weighted by molar-refractivity contribution is 7.99. The van der Waals surface area contributed by atoms with Gasteiger partial charge in [-0.2, -0.15) is 0 Å². The maximum absolute atomic E-state index is 11.3. The summed E-state index contributed by atoms with van der Waals surface area (Å²) in [5.41, 5.74) is 0.508. The molecule has 0 spiro atoms. The molecular formula is C9H8O2S. The van der Waals surface area contributed by atoms with Crippen LogP contribution in [0.2, 0.25) is 0 Å². The van der Waals surface area contributed by atoms with Gasteiger partial charge < -0.3 is 5.11 Å². The Balaban J connectivity index is 2.60. The molecule has 1 aromatic rings. The number of thioether (sulfide) groups is 1. The number of Topliss-reactive ketones (excluding diaryl/α,β-unsaturated/α-hetero) is 1. The zero-order valence-corrected chi connectivity index (χ0v) is 7.23. The van der Waals surface area contributed by atoms with Gasteiger partial charge in [-0.25, -0.2) is 0 Å². The number of rotatable bonds is 0. The van der Waals surface area contributed by atoms with E-state index >= 15 is 0 Å². The highest BCUT2D eigenvalue weighted by Crippen LogP contribution is 2.34. The minimum atomic E-state index is 0.0573. The van der Waals surface area contributed by atoms with Crippen molar-refractivity contribution in [3.8, 4) is 5.75 Å². The fraction of sp³-hybridized carbons (Fsp3) is 0.222. The summed E-state index contributed by atoms with van der Waals surface area (Å²) < 4.78 is 0. The highest BCUT2D eigenvalue weighted by Gasteiger charge is 2.20. The number of hydrogen-bond acceptors (Lipinski definition) is 3. The van der Waals surface area contributed by atoms with Gasteiger partial charge in [0.2, 0.25) is 0 Å². The molecule has 2 rings (SSSR count). The van der Waals surface area contributed by atoms with Gasteiger partial charge in [0.15, 0.2) is 5.78 Å². The summed E-state index contributed by atoms with van der Waals surface area (Å²) in [7, 11) is 0. The van der Waals surface area contributed by atoms with Crippen LogP contribution in [0.4, 0.5) is 0 Å². The van der Waals surface area contributed by atoms with Crippen LogP contribution < -0.4 is 0 Å². The summed E-state index contributed by atoms with van der Waals surface area (Å²) in [5, 5.41) is 9.39. The molecule has 0 amide bonds. The summed E-state index contributed by atoms with van der Waals surface area (Å²) in [6.45, 7) is 0. The zero-order valence-electron chi connectivity index (χ0n) is 6.41. The number of ketones is 1. The van der Waals surface area contributed by atoms with Gasteiger partial charge in [-0.1, -0.05) is 6.07 Å². The molecule has 0 atom stereocenters. The molecule has 0 aliphatic carbocycles. The highest BCUT2D eigenvalue weighted by atomic mass is 32.2. The topological polar surface area (TPSA) is 37.3 Å². The number of hydrogen-bond donors (Lipinski definition) is 1. The third-order valence-corrected chi connectivity index (χ3v) is 2.93. The van der Waals surface area contributed by atoms with Crippen LogP contribution in [0.15, 0.2) is 23.1 Å². The van der Waals surface area contributed by atoms with Crippen molar-refractivity contribution in [1.29, 1.82) is 0 Å². The van der Waals surface area contributed by atoms with Crippen LogP contribution >= 0.6 is 11.8 Å². The van der Waals surface area contributed by atoms with E-state index in [4.69, 9.17) is 0 Å². The number of phenols is 1. The molecule has 3 heteroatoms. The standard InChI is InChI=1S/C9H8O2S/c10-6-2-1-3-8-9(6)7(11)4-5-12-8/h1-3,10H,4-5H2. The molecule has 1 aromatic carbocycles. The Bertz CT molecular complexity index is 333. The third-order valence-electron chi connectivity index (χ3n) is 1.87. The average molecular weight is 180 g/mol. The van der Waals surface area contributed by atoms with Gasteiger partial charge in [-0.15, -0.1) is 11.8 Å². The number of carbonyl (C=O) groups excluding carboxylic acids is 1. The molecule has 0 bridgehead atoms. The fourth-order valence-electron chi connectivity index (χ4n) is 1.30. The predicted octanol–water partition coefficient (Wildman–Crippen LogP) is 2.07. The van der Waals surface area contributed by atoms with Gasteiger partial charge in [0.25, 0.3) is 0 Å². The molecule has 1 N–H and O–H groups in total. The lowest BCUT2D eigenvalue weighted by Crippen LogP contribution is -2.07. The summed E-state index contributed by atoms with van der Waals surface area (Å²) in [6, 6.07) is 5.19. The largest absolute Gasteiger partial charge is 0.507 e. The van der Waals surface area contributed by atoms with E-state index in [2.05, 4.69) is 0 Å². The molecule has 1 aliphatic rings. The summed E-state index contributed by atoms with van der Waals surface area (Å²) in [5.74, 6) is 1.00. The lowest BCUT2D eigenvalue weighted by atomic mass is 10.1. The van der Waals surface area contributed by atoms with Gasteiger partial charge in [0, 0.05) is 17.1 Å². The lowest BCUT2D eigenvalue weighted by molar-refractivity contribution is 0.0982. The molecular weight excluding hydrogens is 172 g/mol. The number of benzene rings is 1. The molecule has 0 saturated heterocycles. The summed E-state index contributed by atoms with van der Waals surface area (Å²) in [4.78, 5) is 12.2. The average Bonchev–Trinajstić information content (AvgIpc) is 2.04. The SMILES string of the molecule is O=C1CCSc2cccc(O)c21. The second-order valence-corrected chi connectivity index (χ2v) is 3.81.